The van der Waals surface area contributed by atoms with Crippen molar-refractivity contribution in [3.63, 3.8) is 0 Å². The lowest BCUT2D eigenvalue weighted by Crippen LogP contribution is -2.27. The van der Waals surface area contributed by atoms with E-state index >= 15 is 0 Å². The van der Waals surface area contributed by atoms with Gasteiger partial charge in [0.2, 0.25) is 0 Å². The Morgan fingerprint density at radius 3 is 1.57 bits per heavy atom. The fourth-order valence-corrected chi connectivity index (χ4v) is 6.55. The Labute approximate surface area is 163 Å². The third-order valence-electron chi connectivity index (χ3n) is 5.13. The largest absolute Gasteiger partial charge is 0.307 e. The van der Waals surface area contributed by atoms with Gasteiger partial charge in [-0.15, -0.1) is 0 Å². The van der Waals surface area contributed by atoms with E-state index in [4.69, 9.17) is 4.98 Å². The molecule has 0 atom stereocenters. The number of rotatable bonds is 3. The van der Waals surface area contributed by atoms with Crippen LogP contribution in [0.2, 0.25) is 0 Å². The molecule has 1 aromatic heterocycles. The molecule has 4 aromatic carbocycles. The summed E-state index contributed by atoms with van der Waals surface area (Å²) in [7, 11) is -3.14. The highest BCUT2D eigenvalue weighted by Gasteiger charge is 2.33. The van der Waals surface area contributed by atoms with E-state index in [0.29, 0.717) is 5.44 Å². The normalized spacial score (nSPS) is 11.7. The van der Waals surface area contributed by atoms with Crippen molar-refractivity contribution < 1.29 is 4.57 Å². The van der Waals surface area contributed by atoms with Crippen LogP contribution in [0.15, 0.2) is 109 Å². The number of pyridine rings is 1. The van der Waals surface area contributed by atoms with Crippen molar-refractivity contribution in [2.75, 3.05) is 0 Å². The Kier molecular flexibility index (Phi) is 4.07. The van der Waals surface area contributed by atoms with Gasteiger partial charge in [-0.1, -0.05) is 103 Å². The van der Waals surface area contributed by atoms with E-state index in [-0.39, 0.29) is 0 Å². The highest BCUT2D eigenvalue weighted by molar-refractivity contribution is 7.85. The van der Waals surface area contributed by atoms with Gasteiger partial charge in [0.25, 0.3) is 0 Å². The average Bonchev–Trinajstić information content (AvgIpc) is 2.79. The number of aromatic nitrogens is 1. The number of fused-ring (bicyclic) bond motifs is 3. The van der Waals surface area contributed by atoms with Crippen molar-refractivity contribution >= 4 is 44.9 Å². The second-order valence-electron chi connectivity index (χ2n) is 6.78. The first kappa shape index (κ1) is 16.9. The minimum atomic E-state index is -3.14. The third kappa shape index (κ3) is 2.58. The summed E-state index contributed by atoms with van der Waals surface area (Å²) in [6.07, 6.45) is 0. The quantitative estimate of drug-likeness (QED) is 0.325. The monoisotopic (exact) mass is 379 g/mol. The highest BCUT2D eigenvalue weighted by atomic mass is 31.2. The van der Waals surface area contributed by atoms with E-state index in [1.807, 2.05) is 97.1 Å². The topological polar surface area (TPSA) is 30.0 Å². The highest BCUT2D eigenvalue weighted by Crippen LogP contribution is 2.44. The molecule has 0 aliphatic heterocycles. The van der Waals surface area contributed by atoms with Crippen LogP contribution >= 0.6 is 7.14 Å². The van der Waals surface area contributed by atoms with Crippen molar-refractivity contribution in [2.24, 2.45) is 0 Å². The molecule has 0 unspecified atom stereocenters. The zero-order valence-electron chi connectivity index (χ0n) is 15.2. The summed E-state index contributed by atoms with van der Waals surface area (Å²) < 4.78 is 14.8. The van der Waals surface area contributed by atoms with Crippen LogP contribution < -0.4 is 16.0 Å². The summed E-state index contributed by atoms with van der Waals surface area (Å²) in [6, 6.07) is 35.6. The van der Waals surface area contributed by atoms with Crippen molar-refractivity contribution in [2.45, 2.75) is 0 Å². The zero-order chi connectivity index (χ0) is 19.0. The summed E-state index contributed by atoms with van der Waals surface area (Å²) in [6.45, 7) is 0. The molecule has 134 valence electrons. The molecule has 0 N–H and O–H groups in total. The summed E-state index contributed by atoms with van der Waals surface area (Å²) >= 11 is 0. The molecular weight excluding hydrogens is 361 g/mol. The zero-order valence-corrected chi connectivity index (χ0v) is 16.1. The Morgan fingerprint density at radius 2 is 0.964 bits per heavy atom. The van der Waals surface area contributed by atoms with Crippen LogP contribution in [-0.2, 0) is 4.57 Å². The molecule has 28 heavy (non-hydrogen) atoms. The number of benzene rings is 4. The molecule has 0 aliphatic rings. The molecule has 0 bridgehead atoms. The van der Waals surface area contributed by atoms with Gasteiger partial charge in [0.15, 0.2) is 7.14 Å². The Balaban J connectivity index is 1.96. The van der Waals surface area contributed by atoms with Crippen LogP contribution in [0.3, 0.4) is 0 Å². The van der Waals surface area contributed by atoms with Gasteiger partial charge in [0.1, 0.15) is 5.44 Å². The van der Waals surface area contributed by atoms with Gasteiger partial charge in [-0.2, -0.15) is 0 Å². The van der Waals surface area contributed by atoms with Gasteiger partial charge in [-0.25, -0.2) is 4.98 Å². The Bertz CT molecular complexity index is 1290. The van der Waals surface area contributed by atoms with Gasteiger partial charge in [-0.3, -0.25) is 0 Å². The predicted octanol–water partition coefficient (Wildman–Crippen LogP) is 5.03. The summed E-state index contributed by atoms with van der Waals surface area (Å²) in [5.74, 6) is 0. The SMILES string of the molecule is O=P(c1ccccc1)(c1ccccc1)c1nc2ccccc2c2ccccc12. The van der Waals surface area contributed by atoms with Crippen LogP contribution in [0.25, 0.3) is 21.7 Å². The average molecular weight is 379 g/mol. The minimum absolute atomic E-state index is 0.652. The van der Waals surface area contributed by atoms with E-state index in [2.05, 4.69) is 12.1 Å². The van der Waals surface area contributed by atoms with E-state index in [1.165, 1.54) is 0 Å². The molecule has 3 heteroatoms. The predicted molar refractivity (Wildman–Crippen MR) is 119 cm³/mol. The van der Waals surface area contributed by atoms with Crippen molar-refractivity contribution in [1.29, 1.82) is 0 Å². The van der Waals surface area contributed by atoms with Gasteiger partial charge >= 0.3 is 0 Å². The summed E-state index contributed by atoms with van der Waals surface area (Å²) in [5.41, 5.74) is 1.52. The summed E-state index contributed by atoms with van der Waals surface area (Å²) in [5, 5.41) is 4.70. The van der Waals surface area contributed by atoms with Gasteiger partial charge in [0.05, 0.1) is 5.52 Å². The molecule has 0 spiro atoms. The molecule has 0 saturated carbocycles. The molecule has 0 amide bonds. The third-order valence-corrected chi connectivity index (χ3v) is 8.11. The maximum Gasteiger partial charge on any atom is 0.189 e. The number of hydrogen-bond donors (Lipinski definition) is 0. The second-order valence-corrected chi connectivity index (χ2v) is 9.45. The first-order chi connectivity index (χ1) is 13.8. The van der Waals surface area contributed by atoms with Crippen molar-refractivity contribution in [3.05, 3.63) is 109 Å². The van der Waals surface area contributed by atoms with Gasteiger partial charge in [-0.05, 0) is 11.5 Å². The first-order valence-corrected chi connectivity index (χ1v) is 11.0. The molecule has 1 heterocycles. The fourth-order valence-electron chi connectivity index (χ4n) is 3.80. The molecule has 5 aromatic rings. The van der Waals surface area contributed by atoms with Crippen LogP contribution in [0.1, 0.15) is 0 Å². The van der Waals surface area contributed by atoms with E-state index in [9.17, 15) is 4.57 Å². The van der Waals surface area contributed by atoms with Crippen LogP contribution in [0.5, 0.6) is 0 Å². The molecule has 0 saturated heterocycles. The van der Waals surface area contributed by atoms with Crippen molar-refractivity contribution in [3.8, 4) is 0 Å². The van der Waals surface area contributed by atoms with Crippen LogP contribution in [-0.4, -0.2) is 4.98 Å². The molecule has 0 fully saturated rings. The minimum Gasteiger partial charge on any atom is -0.307 e. The Morgan fingerprint density at radius 1 is 0.500 bits per heavy atom. The second kappa shape index (κ2) is 6.74. The van der Waals surface area contributed by atoms with Gasteiger partial charge in [0, 0.05) is 21.4 Å². The van der Waals surface area contributed by atoms with E-state index < -0.39 is 7.14 Å². The lowest BCUT2D eigenvalue weighted by Gasteiger charge is -2.21. The first-order valence-electron chi connectivity index (χ1n) is 9.28. The molecular formula is C25H18NOP. The molecule has 2 nitrogen and oxygen atoms in total. The number of nitrogens with zero attached hydrogens (tertiary/aromatic N) is 1. The standard InChI is InChI=1S/C25H18NOP/c27-28(19-11-3-1-4-12-19,20-13-5-2-6-14-20)25-23-17-8-7-15-21(23)22-16-9-10-18-24(22)26-25/h1-18H. The molecule has 5 rings (SSSR count). The molecule has 0 aliphatic carbocycles. The van der Waals surface area contributed by atoms with Gasteiger partial charge < -0.3 is 4.57 Å². The fraction of sp³-hybridized carbons (Fsp3) is 0. The lowest BCUT2D eigenvalue weighted by molar-refractivity contribution is 0.592. The van der Waals surface area contributed by atoms with E-state index in [0.717, 1.165) is 32.3 Å². The Hall–Kier alpha value is -3.22. The smallest absolute Gasteiger partial charge is 0.189 e. The maximum atomic E-state index is 14.8. The number of para-hydroxylation sites is 1. The van der Waals surface area contributed by atoms with E-state index in [1.54, 1.807) is 0 Å². The maximum absolute atomic E-state index is 14.8. The van der Waals surface area contributed by atoms with Crippen molar-refractivity contribution in [1.82, 2.24) is 4.98 Å². The molecule has 0 radical (unpaired) electrons. The van der Waals surface area contributed by atoms with Crippen LogP contribution in [0, 0.1) is 0 Å². The lowest BCUT2D eigenvalue weighted by atomic mass is 10.1. The van der Waals surface area contributed by atoms with Crippen LogP contribution in [0.4, 0.5) is 0 Å². The summed E-state index contributed by atoms with van der Waals surface area (Å²) in [4.78, 5) is 4.97. The number of hydrogen-bond acceptors (Lipinski definition) is 2.